The molecule has 1 aromatic heterocycles. The van der Waals surface area contributed by atoms with Crippen molar-refractivity contribution in [1.29, 1.82) is 0 Å². The Morgan fingerprint density at radius 2 is 1.96 bits per heavy atom. The molecule has 3 aromatic rings. The monoisotopic (exact) mass is 404 g/mol. The van der Waals surface area contributed by atoms with Crippen LogP contribution in [0.3, 0.4) is 0 Å². The van der Waals surface area contributed by atoms with Gasteiger partial charge in [0.2, 0.25) is 5.88 Å². The summed E-state index contributed by atoms with van der Waals surface area (Å²) in [6.07, 6.45) is 3.74. The summed E-state index contributed by atoms with van der Waals surface area (Å²) in [6.45, 7) is 8.41. The van der Waals surface area contributed by atoms with Crippen LogP contribution in [0.4, 0.5) is 5.69 Å². The van der Waals surface area contributed by atoms with Crippen LogP contribution in [0, 0.1) is 17.8 Å². The van der Waals surface area contributed by atoms with Crippen molar-refractivity contribution in [2.75, 3.05) is 0 Å². The molecule has 0 atom stereocenters. The standard InChI is InChI=1S/C23H20N2OS2/c1-4-10-25-22(26)19(28-23(25)27)13-18-17-12-14(2)11-15(3)20(17)24-21(18)16-8-6-5-7-9-16/h4-9,11-13,26H,1,10H2,2-3H3. The molecular weight excluding hydrogens is 384 g/mol. The molecule has 28 heavy (non-hydrogen) atoms. The smallest absolute Gasteiger partial charge is 0.210 e. The van der Waals surface area contributed by atoms with Crippen LogP contribution < -0.4 is 0 Å². The summed E-state index contributed by atoms with van der Waals surface area (Å²) in [4.78, 5) is 5.69. The van der Waals surface area contributed by atoms with Crippen molar-refractivity contribution < 1.29 is 5.11 Å². The number of rotatable bonds is 4. The van der Waals surface area contributed by atoms with Crippen molar-refractivity contribution in [1.82, 2.24) is 4.57 Å². The number of hydrogen-bond donors (Lipinski definition) is 1. The highest BCUT2D eigenvalue weighted by Gasteiger charge is 2.25. The number of thiazole rings is 1. The second-order valence-corrected chi connectivity index (χ2v) is 8.49. The molecule has 1 N–H and O–H groups in total. The van der Waals surface area contributed by atoms with E-state index >= 15 is 0 Å². The van der Waals surface area contributed by atoms with Crippen molar-refractivity contribution >= 4 is 46.6 Å². The molecule has 3 nitrogen and oxygen atoms in total. The van der Waals surface area contributed by atoms with E-state index in [4.69, 9.17) is 17.2 Å². The first-order valence-corrected chi connectivity index (χ1v) is 10.2. The molecular formula is C23H20N2OS2. The first kappa shape index (κ1) is 18.6. The molecule has 0 saturated carbocycles. The molecule has 0 bridgehead atoms. The Morgan fingerprint density at radius 1 is 1.21 bits per heavy atom. The topological polar surface area (TPSA) is 37.5 Å². The number of hydrogen-bond acceptors (Lipinski definition) is 4. The predicted molar refractivity (Wildman–Crippen MR) is 121 cm³/mol. The third-order valence-corrected chi connectivity index (χ3v) is 6.13. The quantitative estimate of drug-likeness (QED) is 0.400. The molecule has 0 spiro atoms. The summed E-state index contributed by atoms with van der Waals surface area (Å²) in [5.74, 6) is 0.174. The highest BCUT2D eigenvalue weighted by Crippen LogP contribution is 2.42. The van der Waals surface area contributed by atoms with E-state index in [-0.39, 0.29) is 5.88 Å². The molecule has 0 amide bonds. The fourth-order valence-corrected chi connectivity index (χ4v) is 4.77. The molecule has 0 radical (unpaired) electrons. The maximum Gasteiger partial charge on any atom is 0.210 e. The molecule has 0 aliphatic carbocycles. The van der Waals surface area contributed by atoms with Gasteiger partial charge in [0.05, 0.1) is 16.3 Å². The van der Waals surface area contributed by atoms with Gasteiger partial charge in [-0.05, 0) is 43.8 Å². The van der Waals surface area contributed by atoms with Crippen LogP contribution in [0.1, 0.15) is 27.1 Å². The fraction of sp³-hybridized carbons (Fsp3) is 0.130. The first-order valence-electron chi connectivity index (χ1n) is 9.01. The highest BCUT2D eigenvalue weighted by molar-refractivity contribution is 7.73. The van der Waals surface area contributed by atoms with Gasteiger partial charge in [-0.1, -0.05) is 48.0 Å². The van der Waals surface area contributed by atoms with E-state index in [9.17, 15) is 5.11 Å². The third kappa shape index (κ3) is 3.17. The van der Waals surface area contributed by atoms with E-state index in [2.05, 4.69) is 44.7 Å². The Bertz CT molecular complexity index is 1200. The van der Waals surface area contributed by atoms with Crippen LogP contribution in [0.25, 0.3) is 11.6 Å². The number of fused-ring (bicyclic) bond motifs is 1. The molecule has 5 heteroatoms. The average molecular weight is 405 g/mol. The molecule has 2 heterocycles. The fourth-order valence-electron chi connectivity index (χ4n) is 3.50. The minimum atomic E-state index is 0.174. The molecule has 2 aromatic carbocycles. The zero-order valence-electron chi connectivity index (χ0n) is 15.8. The van der Waals surface area contributed by atoms with E-state index in [0.717, 1.165) is 38.5 Å². The second-order valence-electron chi connectivity index (χ2n) is 6.82. The van der Waals surface area contributed by atoms with E-state index in [0.29, 0.717) is 10.5 Å². The minimum absolute atomic E-state index is 0.174. The lowest BCUT2D eigenvalue weighted by Gasteiger charge is -2.07. The van der Waals surface area contributed by atoms with Gasteiger partial charge in [0.1, 0.15) is 0 Å². The number of aromatic hydroxyl groups is 1. The van der Waals surface area contributed by atoms with Gasteiger partial charge >= 0.3 is 0 Å². The van der Waals surface area contributed by atoms with Crippen LogP contribution in [0.2, 0.25) is 0 Å². The normalized spacial score (nSPS) is 14.2. The summed E-state index contributed by atoms with van der Waals surface area (Å²) >= 11 is 6.82. The summed E-state index contributed by atoms with van der Waals surface area (Å²) in [6, 6.07) is 14.5. The lowest BCUT2D eigenvalue weighted by atomic mass is 9.95. The van der Waals surface area contributed by atoms with Crippen LogP contribution in [-0.4, -0.2) is 15.4 Å². The Hall–Kier alpha value is -2.76. The van der Waals surface area contributed by atoms with Crippen molar-refractivity contribution in [2.45, 2.75) is 20.4 Å². The minimum Gasteiger partial charge on any atom is -0.493 e. The lowest BCUT2D eigenvalue weighted by Crippen LogP contribution is -1.99. The van der Waals surface area contributed by atoms with Gasteiger partial charge in [-0.2, -0.15) is 0 Å². The summed E-state index contributed by atoms with van der Waals surface area (Å²) in [7, 11) is 0. The van der Waals surface area contributed by atoms with Crippen molar-refractivity contribution in [3.05, 3.63) is 86.2 Å². The van der Waals surface area contributed by atoms with E-state index < -0.39 is 0 Å². The number of aromatic nitrogens is 1. The van der Waals surface area contributed by atoms with Gasteiger partial charge in [0, 0.05) is 23.2 Å². The van der Waals surface area contributed by atoms with Crippen LogP contribution in [0.15, 0.2) is 60.1 Å². The Kier molecular flexibility index (Phi) is 4.87. The third-order valence-electron chi connectivity index (χ3n) is 4.74. The van der Waals surface area contributed by atoms with Gasteiger partial charge in [-0.25, -0.2) is 4.99 Å². The number of aryl methyl sites for hydroxylation is 2. The largest absolute Gasteiger partial charge is 0.493 e. The van der Waals surface area contributed by atoms with Crippen molar-refractivity contribution in [2.24, 2.45) is 4.99 Å². The Labute approximate surface area is 173 Å². The van der Waals surface area contributed by atoms with Crippen molar-refractivity contribution in [3.8, 4) is 5.88 Å². The zero-order valence-corrected chi connectivity index (χ0v) is 17.4. The summed E-state index contributed by atoms with van der Waals surface area (Å²) in [5, 5.41) is 10.7. The van der Waals surface area contributed by atoms with Gasteiger partial charge < -0.3 is 5.11 Å². The second kappa shape index (κ2) is 7.34. The first-order chi connectivity index (χ1) is 13.5. The maximum absolute atomic E-state index is 10.7. The van der Waals surface area contributed by atoms with Crippen LogP contribution in [-0.2, 0) is 6.54 Å². The molecule has 1 aliphatic heterocycles. The van der Waals surface area contributed by atoms with Crippen LogP contribution >= 0.6 is 23.6 Å². The number of nitrogens with zero attached hydrogens (tertiary/aromatic N) is 2. The SMILES string of the molecule is C=CCn1c(O)c(C=C2C(c3ccccc3)=Nc3c(C)cc(C)cc32)sc1=S. The molecule has 0 unspecified atom stereocenters. The molecule has 1 aliphatic rings. The number of allylic oxidation sites excluding steroid dienone is 2. The van der Waals surface area contributed by atoms with Gasteiger partial charge in [-0.3, -0.25) is 4.57 Å². The van der Waals surface area contributed by atoms with E-state index in [1.807, 2.05) is 24.3 Å². The van der Waals surface area contributed by atoms with Gasteiger partial charge in [-0.15, -0.1) is 17.9 Å². The average Bonchev–Trinajstić information content (AvgIpc) is 3.16. The van der Waals surface area contributed by atoms with Crippen molar-refractivity contribution in [3.63, 3.8) is 0 Å². The van der Waals surface area contributed by atoms with Crippen LogP contribution in [0.5, 0.6) is 5.88 Å². The molecule has 140 valence electrons. The predicted octanol–water partition coefficient (Wildman–Crippen LogP) is 6.46. The summed E-state index contributed by atoms with van der Waals surface area (Å²) < 4.78 is 2.32. The van der Waals surface area contributed by atoms with Gasteiger partial charge in [0.25, 0.3) is 0 Å². The number of benzene rings is 2. The number of aliphatic imine (C=N–C) groups is 1. The molecule has 0 fully saturated rings. The lowest BCUT2D eigenvalue weighted by molar-refractivity contribution is 0.424. The van der Waals surface area contributed by atoms with E-state index in [1.165, 1.54) is 16.9 Å². The highest BCUT2D eigenvalue weighted by atomic mass is 32.1. The Morgan fingerprint density at radius 3 is 2.68 bits per heavy atom. The van der Waals surface area contributed by atoms with E-state index in [1.54, 1.807) is 10.6 Å². The summed E-state index contributed by atoms with van der Waals surface area (Å²) in [5.41, 5.74) is 7.38. The zero-order chi connectivity index (χ0) is 19.8. The molecule has 0 saturated heterocycles. The maximum atomic E-state index is 10.7. The Balaban J connectivity index is 1.95. The van der Waals surface area contributed by atoms with Gasteiger partial charge in [0.15, 0.2) is 3.95 Å². The molecule has 4 rings (SSSR count).